The second kappa shape index (κ2) is 8.22. The number of nitrogens with zero attached hydrogens (tertiary/aromatic N) is 1. The van der Waals surface area contributed by atoms with Gasteiger partial charge in [0.25, 0.3) is 5.91 Å². The van der Waals surface area contributed by atoms with Gasteiger partial charge in [-0.05, 0) is 44.1 Å². The van der Waals surface area contributed by atoms with Crippen LogP contribution in [0.1, 0.15) is 41.2 Å². The minimum absolute atomic E-state index is 0.0888. The lowest BCUT2D eigenvalue weighted by Gasteiger charge is -2.38. The van der Waals surface area contributed by atoms with Crippen LogP contribution in [0, 0.1) is 0 Å². The number of likely N-dealkylation sites (N-methyl/N-ethyl adjacent to an activating group) is 1. The highest BCUT2D eigenvalue weighted by Gasteiger charge is 2.30. The Bertz CT molecular complexity index is 736. The second-order valence-corrected chi connectivity index (χ2v) is 7.29. The van der Waals surface area contributed by atoms with E-state index in [-0.39, 0.29) is 18.0 Å². The van der Waals surface area contributed by atoms with Crippen molar-refractivity contribution in [3.05, 3.63) is 69.7 Å². The van der Waals surface area contributed by atoms with Gasteiger partial charge in [-0.15, -0.1) is 0 Å². The lowest BCUT2D eigenvalue weighted by atomic mass is 9.91. The van der Waals surface area contributed by atoms with Crippen LogP contribution in [0.15, 0.2) is 48.5 Å². The van der Waals surface area contributed by atoms with Crippen molar-refractivity contribution in [2.24, 2.45) is 0 Å². The topological polar surface area (TPSA) is 32.3 Å². The molecule has 1 aliphatic heterocycles. The van der Waals surface area contributed by atoms with Crippen molar-refractivity contribution in [3.8, 4) is 0 Å². The normalized spacial score (nSPS) is 19.4. The summed E-state index contributed by atoms with van der Waals surface area (Å²) in [5.74, 6) is -0.194. The Labute approximate surface area is 158 Å². The van der Waals surface area contributed by atoms with Gasteiger partial charge in [0.2, 0.25) is 0 Å². The van der Waals surface area contributed by atoms with Crippen LogP contribution < -0.4 is 5.32 Å². The fraction of sp³-hybridized carbons (Fsp3) is 0.350. The Kier molecular flexibility index (Phi) is 6.00. The van der Waals surface area contributed by atoms with Crippen LogP contribution >= 0.6 is 23.2 Å². The van der Waals surface area contributed by atoms with Crippen LogP contribution in [0.5, 0.6) is 0 Å². The molecule has 0 aromatic heterocycles. The Hall–Kier alpha value is -1.55. The zero-order valence-electron chi connectivity index (χ0n) is 14.2. The third-order valence-corrected chi connectivity index (χ3v) is 5.67. The van der Waals surface area contributed by atoms with Crippen LogP contribution in [0.4, 0.5) is 0 Å². The molecule has 3 rings (SSSR count). The summed E-state index contributed by atoms with van der Waals surface area (Å²) < 4.78 is 0. The quantitative estimate of drug-likeness (QED) is 0.818. The molecule has 0 saturated carbocycles. The molecule has 25 heavy (non-hydrogen) atoms. The van der Waals surface area contributed by atoms with Crippen LogP contribution in [-0.2, 0) is 0 Å². The van der Waals surface area contributed by atoms with E-state index >= 15 is 0 Å². The average molecular weight is 377 g/mol. The van der Waals surface area contributed by atoms with Gasteiger partial charge in [0.05, 0.1) is 21.7 Å². The zero-order valence-corrected chi connectivity index (χ0v) is 15.7. The predicted molar refractivity (Wildman–Crippen MR) is 103 cm³/mol. The average Bonchev–Trinajstić information content (AvgIpc) is 2.63. The fourth-order valence-electron chi connectivity index (χ4n) is 3.48. The lowest BCUT2D eigenvalue weighted by molar-refractivity contribution is 0.0871. The van der Waals surface area contributed by atoms with Crippen LogP contribution in [0.3, 0.4) is 0 Å². The number of hydrogen-bond acceptors (Lipinski definition) is 2. The molecule has 3 nitrogen and oxygen atoms in total. The van der Waals surface area contributed by atoms with Crippen molar-refractivity contribution < 1.29 is 4.79 Å². The minimum Gasteiger partial charge on any atom is -0.344 e. The summed E-state index contributed by atoms with van der Waals surface area (Å²) in [4.78, 5) is 15.2. The molecule has 0 spiro atoms. The van der Waals surface area contributed by atoms with Gasteiger partial charge in [-0.1, -0.05) is 66.0 Å². The first-order valence-electron chi connectivity index (χ1n) is 8.58. The highest BCUT2D eigenvalue weighted by molar-refractivity contribution is 6.43. The predicted octanol–water partition coefficient (Wildman–Crippen LogP) is 4.95. The number of piperidine rings is 1. The fourth-order valence-corrected chi connectivity index (χ4v) is 3.87. The molecule has 0 bridgehead atoms. The Morgan fingerprint density at radius 3 is 2.60 bits per heavy atom. The smallest absolute Gasteiger partial charge is 0.253 e. The summed E-state index contributed by atoms with van der Waals surface area (Å²) in [7, 11) is 2.12. The van der Waals surface area contributed by atoms with Crippen molar-refractivity contribution >= 4 is 29.1 Å². The van der Waals surface area contributed by atoms with Crippen molar-refractivity contribution in [2.45, 2.75) is 31.3 Å². The Morgan fingerprint density at radius 1 is 1.12 bits per heavy atom. The summed E-state index contributed by atoms with van der Waals surface area (Å²) in [5, 5.41) is 3.88. The Morgan fingerprint density at radius 2 is 1.88 bits per heavy atom. The molecule has 2 aromatic carbocycles. The number of rotatable bonds is 4. The number of halogens is 2. The molecule has 1 aliphatic rings. The van der Waals surface area contributed by atoms with E-state index < -0.39 is 0 Å². The highest BCUT2D eigenvalue weighted by Crippen LogP contribution is 2.30. The van der Waals surface area contributed by atoms with Gasteiger partial charge in [0.1, 0.15) is 0 Å². The molecule has 2 atom stereocenters. The van der Waals surface area contributed by atoms with Gasteiger partial charge in [-0.2, -0.15) is 0 Å². The molecule has 2 unspecified atom stereocenters. The van der Waals surface area contributed by atoms with Gasteiger partial charge in [-0.25, -0.2) is 0 Å². The van der Waals surface area contributed by atoms with Crippen molar-refractivity contribution in [1.82, 2.24) is 10.2 Å². The summed E-state index contributed by atoms with van der Waals surface area (Å²) >= 11 is 12.3. The van der Waals surface area contributed by atoms with E-state index in [4.69, 9.17) is 23.2 Å². The van der Waals surface area contributed by atoms with Crippen LogP contribution in [-0.4, -0.2) is 30.4 Å². The molecule has 0 radical (unpaired) electrons. The molecule has 5 heteroatoms. The van der Waals surface area contributed by atoms with E-state index in [1.807, 2.05) is 18.2 Å². The molecule has 1 saturated heterocycles. The maximum Gasteiger partial charge on any atom is 0.253 e. The SMILES string of the molecule is CN1CCCCC1C(NC(=O)c1cccc(Cl)c1Cl)c1ccccc1. The first kappa shape index (κ1) is 18.2. The van der Waals surface area contributed by atoms with Gasteiger partial charge in [-0.3, -0.25) is 4.79 Å². The standard InChI is InChI=1S/C20H22Cl2N2O/c1-24-13-6-5-12-17(24)19(14-8-3-2-4-9-14)23-20(25)15-10-7-11-16(21)18(15)22/h2-4,7-11,17,19H,5-6,12-13H2,1H3,(H,23,25). The number of nitrogens with one attached hydrogen (secondary N) is 1. The van der Waals surface area contributed by atoms with Crippen molar-refractivity contribution in [1.29, 1.82) is 0 Å². The third-order valence-electron chi connectivity index (χ3n) is 4.85. The monoisotopic (exact) mass is 376 g/mol. The zero-order chi connectivity index (χ0) is 17.8. The van der Waals surface area contributed by atoms with E-state index in [9.17, 15) is 4.79 Å². The largest absolute Gasteiger partial charge is 0.344 e. The molecule has 1 N–H and O–H groups in total. The molecule has 1 fully saturated rings. The number of carbonyl (C=O) groups excluding carboxylic acids is 1. The second-order valence-electron chi connectivity index (χ2n) is 6.51. The van der Waals surface area contributed by atoms with Crippen molar-refractivity contribution in [2.75, 3.05) is 13.6 Å². The summed E-state index contributed by atoms with van der Waals surface area (Å²) in [5.41, 5.74) is 1.52. The lowest BCUT2D eigenvalue weighted by Crippen LogP contribution is -2.47. The minimum atomic E-state index is -0.194. The summed E-state index contributed by atoms with van der Waals surface area (Å²) in [6.07, 6.45) is 3.42. The number of likely N-dealkylation sites (tertiary alicyclic amines) is 1. The van der Waals surface area contributed by atoms with Gasteiger partial charge >= 0.3 is 0 Å². The van der Waals surface area contributed by atoms with Crippen LogP contribution in [0.2, 0.25) is 10.0 Å². The molecule has 1 amide bonds. The van der Waals surface area contributed by atoms with E-state index in [1.165, 1.54) is 12.8 Å². The third kappa shape index (κ3) is 4.17. The van der Waals surface area contributed by atoms with Gasteiger partial charge in [0, 0.05) is 6.04 Å². The number of carbonyl (C=O) groups is 1. The van der Waals surface area contributed by atoms with Crippen molar-refractivity contribution in [3.63, 3.8) is 0 Å². The van der Waals surface area contributed by atoms with E-state index in [0.717, 1.165) is 18.5 Å². The summed E-state index contributed by atoms with van der Waals surface area (Å²) in [6, 6.07) is 15.4. The molecule has 132 valence electrons. The highest BCUT2D eigenvalue weighted by atomic mass is 35.5. The van der Waals surface area contributed by atoms with E-state index in [1.54, 1.807) is 18.2 Å². The van der Waals surface area contributed by atoms with E-state index in [0.29, 0.717) is 15.6 Å². The first-order valence-corrected chi connectivity index (χ1v) is 9.33. The maximum atomic E-state index is 12.9. The number of amides is 1. The van der Waals surface area contributed by atoms with Crippen LogP contribution in [0.25, 0.3) is 0 Å². The maximum absolute atomic E-state index is 12.9. The molecule has 2 aromatic rings. The first-order chi connectivity index (χ1) is 12.1. The number of hydrogen-bond donors (Lipinski definition) is 1. The molecule has 0 aliphatic carbocycles. The van der Waals surface area contributed by atoms with Gasteiger partial charge in [0.15, 0.2) is 0 Å². The summed E-state index contributed by atoms with van der Waals surface area (Å²) in [6.45, 7) is 1.04. The molecular formula is C20H22Cl2N2O. The molecule has 1 heterocycles. The van der Waals surface area contributed by atoms with Gasteiger partial charge < -0.3 is 10.2 Å². The number of benzene rings is 2. The Balaban J connectivity index is 1.89. The van der Waals surface area contributed by atoms with E-state index in [2.05, 4.69) is 29.4 Å². The molecular weight excluding hydrogens is 355 g/mol.